The summed E-state index contributed by atoms with van der Waals surface area (Å²) in [6.07, 6.45) is 1.83. The Kier molecular flexibility index (Phi) is 5.90. The third-order valence-electron chi connectivity index (χ3n) is 4.46. The minimum absolute atomic E-state index is 0.0313. The Morgan fingerprint density at radius 1 is 1.12 bits per heavy atom. The molecule has 1 unspecified atom stereocenters. The second-order valence-electron chi connectivity index (χ2n) is 6.25. The maximum Gasteiger partial charge on any atom is 0.317 e. The van der Waals surface area contributed by atoms with Crippen molar-refractivity contribution < 1.29 is 14.6 Å². The van der Waals surface area contributed by atoms with Crippen LogP contribution in [0.1, 0.15) is 24.0 Å². The molecule has 2 N–H and O–H groups in total. The zero-order valence-electron chi connectivity index (χ0n) is 14.2. The summed E-state index contributed by atoms with van der Waals surface area (Å²) < 4.78 is 5.72. The molecule has 0 radical (unpaired) electrons. The zero-order valence-corrected chi connectivity index (χ0v) is 14.2. The van der Waals surface area contributed by atoms with E-state index in [1.807, 2.05) is 54.6 Å². The number of hydrogen-bond donors (Lipinski definition) is 2. The maximum atomic E-state index is 12.2. The molecule has 5 heteroatoms. The molecule has 25 heavy (non-hydrogen) atoms. The van der Waals surface area contributed by atoms with E-state index >= 15 is 0 Å². The monoisotopic (exact) mass is 340 g/mol. The van der Waals surface area contributed by atoms with Gasteiger partial charge in [-0.15, -0.1) is 0 Å². The molecule has 1 saturated heterocycles. The third-order valence-corrected chi connectivity index (χ3v) is 4.46. The SMILES string of the molecule is O=C(NCc1ccc(COc2ccccc2)cc1)N1CCCC1CO. The largest absolute Gasteiger partial charge is 0.489 e. The summed E-state index contributed by atoms with van der Waals surface area (Å²) in [6, 6.07) is 17.6. The fraction of sp³-hybridized carbons (Fsp3) is 0.350. The van der Waals surface area contributed by atoms with Crippen LogP contribution in [-0.4, -0.2) is 35.2 Å². The molecule has 0 spiro atoms. The Hall–Kier alpha value is -2.53. The standard InChI is InChI=1S/C20H24N2O3/c23-14-18-5-4-12-22(18)20(24)21-13-16-8-10-17(11-9-16)15-25-19-6-2-1-3-7-19/h1-3,6-11,18,23H,4-5,12-15H2,(H,21,24). The van der Waals surface area contributed by atoms with E-state index in [9.17, 15) is 9.90 Å². The molecule has 1 heterocycles. The van der Waals surface area contributed by atoms with Crippen molar-refractivity contribution in [2.24, 2.45) is 0 Å². The van der Waals surface area contributed by atoms with Gasteiger partial charge in [-0.25, -0.2) is 4.79 Å². The van der Waals surface area contributed by atoms with Gasteiger partial charge in [0.2, 0.25) is 0 Å². The molecular weight excluding hydrogens is 316 g/mol. The molecule has 1 fully saturated rings. The fourth-order valence-electron chi connectivity index (χ4n) is 3.01. The van der Waals surface area contributed by atoms with E-state index in [1.54, 1.807) is 4.90 Å². The molecule has 2 aromatic carbocycles. The van der Waals surface area contributed by atoms with Crippen molar-refractivity contribution in [2.75, 3.05) is 13.2 Å². The minimum Gasteiger partial charge on any atom is -0.489 e. The van der Waals surface area contributed by atoms with Crippen LogP contribution in [0, 0.1) is 0 Å². The summed E-state index contributed by atoms with van der Waals surface area (Å²) in [5.41, 5.74) is 2.12. The predicted octanol–water partition coefficient (Wildman–Crippen LogP) is 2.93. The van der Waals surface area contributed by atoms with Crippen molar-refractivity contribution in [1.29, 1.82) is 0 Å². The molecule has 5 nitrogen and oxygen atoms in total. The van der Waals surface area contributed by atoms with Crippen LogP contribution >= 0.6 is 0 Å². The number of carbonyl (C=O) groups is 1. The second-order valence-corrected chi connectivity index (χ2v) is 6.25. The van der Waals surface area contributed by atoms with Crippen LogP contribution in [-0.2, 0) is 13.2 Å². The van der Waals surface area contributed by atoms with Crippen molar-refractivity contribution in [3.63, 3.8) is 0 Å². The highest BCUT2D eigenvalue weighted by Gasteiger charge is 2.27. The van der Waals surface area contributed by atoms with Gasteiger partial charge in [-0.05, 0) is 36.1 Å². The Balaban J connectivity index is 1.47. The molecule has 2 amide bonds. The topological polar surface area (TPSA) is 61.8 Å². The molecule has 1 atom stereocenters. The Bertz CT molecular complexity index is 673. The number of carbonyl (C=O) groups excluding carboxylic acids is 1. The van der Waals surface area contributed by atoms with Crippen molar-refractivity contribution in [3.8, 4) is 5.75 Å². The van der Waals surface area contributed by atoms with E-state index in [1.165, 1.54) is 0 Å². The van der Waals surface area contributed by atoms with Gasteiger partial charge in [0.1, 0.15) is 12.4 Å². The van der Waals surface area contributed by atoms with E-state index in [0.717, 1.165) is 29.7 Å². The van der Waals surface area contributed by atoms with Crippen LogP contribution in [0.15, 0.2) is 54.6 Å². The molecule has 1 aliphatic rings. The molecule has 0 aromatic heterocycles. The third kappa shape index (κ3) is 4.73. The van der Waals surface area contributed by atoms with Gasteiger partial charge in [-0.3, -0.25) is 0 Å². The molecule has 2 aromatic rings. The second kappa shape index (κ2) is 8.53. The Labute approximate surface area is 148 Å². The van der Waals surface area contributed by atoms with Crippen molar-refractivity contribution in [3.05, 3.63) is 65.7 Å². The molecule has 0 saturated carbocycles. The molecule has 3 rings (SSSR count). The lowest BCUT2D eigenvalue weighted by atomic mass is 10.1. The van der Waals surface area contributed by atoms with Gasteiger partial charge in [-0.2, -0.15) is 0 Å². The van der Waals surface area contributed by atoms with E-state index < -0.39 is 0 Å². The fourth-order valence-corrected chi connectivity index (χ4v) is 3.01. The van der Waals surface area contributed by atoms with E-state index in [0.29, 0.717) is 19.7 Å². The van der Waals surface area contributed by atoms with Crippen LogP contribution in [0.5, 0.6) is 5.75 Å². The van der Waals surface area contributed by atoms with Crippen LogP contribution < -0.4 is 10.1 Å². The first-order chi connectivity index (χ1) is 12.3. The van der Waals surface area contributed by atoms with Crippen LogP contribution in [0.2, 0.25) is 0 Å². The summed E-state index contributed by atoms with van der Waals surface area (Å²) >= 11 is 0. The highest BCUT2D eigenvalue weighted by molar-refractivity contribution is 5.74. The van der Waals surface area contributed by atoms with E-state index in [2.05, 4.69) is 5.32 Å². The van der Waals surface area contributed by atoms with Gasteiger partial charge < -0.3 is 20.1 Å². The molecule has 1 aliphatic heterocycles. The van der Waals surface area contributed by atoms with Crippen LogP contribution in [0.25, 0.3) is 0 Å². The normalized spacial score (nSPS) is 16.7. The van der Waals surface area contributed by atoms with Gasteiger partial charge in [-0.1, -0.05) is 42.5 Å². The average Bonchev–Trinajstić information content (AvgIpc) is 3.15. The lowest BCUT2D eigenvalue weighted by molar-refractivity contribution is 0.157. The predicted molar refractivity (Wildman–Crippen MR) is 96.3 cm³/mol. The molecular formula is C20H24N2O3. The van der Waals surface area contributed by atoms with Gasteiger partial charge in [0.15, 0.2) is 0 Å². The number of nitrogens with one attached hydrogen (secondary N) is 1. The first-order valence-corrected chi connectivity index (χ1v) is 8.67. The van der Waals surface area contributed by atoms with Crippen molar-refractivity contribution in [1.82, 2.24) is 10.2 Å². The summed E-state index contributed by atoms with van der Waals surface area (Å²) in [5.74, 6) is 0.850. The number of para-hydroxylation sites is 1. The summed E-state index contributed by atoms with van der Waals surface area (Å²) in [7, 11) is 0. The molecule has 0 aliphatic carbocycles. The van der Waals surface area contributed by atoms with E-state index in [-0.39, 0.29) is 18.7 Å². The molecule has 0 bridgehead atoms. The number of rotatable bonds is 6. The van der Waals surface area contributed by atoms with Crippen LogP contribution in [0.3, 0.4) is 0 Å². The highest BCUT2D eigenvalue weighted by atomic mass is 16.5. The lowest BCUT2D eigenvalue weighted by Crippen LogP contribution is -2.43. The number of likely N-dealkylation sites (tertiary alicyclic amines) is 1. The summed E-state index contributed by atoms with van der Waals surface area (Å²) in [4.78, 5) is 13.9. The summed E-state index contributed by atoms with van der Waals surface area (Å²) in [5, 5.41) is 12.2. The van der Waals surface area contributed by atoms with Gasteiger partial charge in [0, 0.05) is 13.1 Å². The highest BCUT2D eigenvalue weighted by Crippen LogP contribution is 2.17. The van der Waals surface area contributed by atoms with E-state index in [4.69, 9.17) is 4.74 Å². The number of nitrogens with zero attached hydrogens (tertiary/aromatic N) is 1. The van der Waals surface area contributed by atoms with Gasteiger partial charge in [0.05, 0.1) is 12.6 Å². The number of ether oxygens (including phenoxy) is 1. The number of hydrogen-bond acceptors (Lipinski definition) is 3. The minimum atomic E-state index is -0.104. The first-order valence-electron chi connectivity index (χ1n) is 8.67. The number of amides is 2. The average molecular weight is 340 g/mol. The van der Waals surface area contributed by atoms with Crippen LogP contribution in [0.4, 0.5) is 4.79 Å². The first kappa shape index (κ1) is 17.3. The van der Waals surface area contributed by atoms with Crippen molar-refractivity contribution in [2.45, 2.75) is 32.0 Å². The molecule has 132 valence electrons. The number of aliphatic hydroxyl groups is 1. The lowest BCUT2D eigenvalue weighted by Gasteiger charge is -2.23. The van der Waals surface area contributed by atoms with Gasteiger partial charge >= 0.3 is 6.03 Å². The smallest absolute Gasteiger partial charge is 0.317 e. The number of aliphatic hydroxyl groups excluding tert-OH is 1. The number of benzene rings is 2. The van der Waals surface area contributed by atoms with Crippen molar-refractivity contribution >= 4 is 6.03 Å². The Morgan fingerprint density at radius 3 is 2.56 bits per heavy atom. The van der Waals surface area contributed by atoms with Gasteiger partial charge in [0.25, 0.3) is 0 Å². The number of urea groups is 1. The maximum absolute atomic E-state index is 12.2. The summed E-state index contributed by atoms with van der Waals surface area (Å²) in [6.45, 7) is 1.74. The Morgan fingerprint density at radius 2 is 1.84 bits per heavy atom. The quantitative estimate of drug-likeness (QED) is 0.850. The zero-order chi connectivity index (χ0) is 17.5.